The summed E-state index contributed by atoms with van der Waals surface area (Å²) in [4.78, 5) is 0. The Morgan fingerprint density at radius 1 is 1.19 bits per heavy atom. The third kappa shape index (κ3) is 4.20. The molecule has 2 nitrogen and oxygen atoms in total. The molecule has 0 aliphatic rings. The van der Waals surface area contributed by atoms with E-state index >= 15 is 0 Å². The van der Waals surface area contributed by atoms with Gasteiger partial charge in [-0.25, -0.2) is 0 Å². The Balaban J connectivity index is 2.35. The molecule has 0 heterocycles. The number of hydrogen-bond donors (Lipinski definition) is 0. The lowest BCUT2D eigenvalue weighted by Crippen LogP contribution is -2.34. The molecule has 0 saturated heterocycles. The molecule has 1 rings (SSSR count). The van der Waals surface area contributed by atoms with Gasteiger partial charge in [-0.15, -0.1) is 0 Å². The Kier molecular flexibility index (Phi) is 4.76. The van der Waals surface area contributed by atoms with Crippen molar-refractivity contribution in [1.82, 2.24) is 0 Å². The van der Waals surface area contributed by atoms with Gasteiger partial charge in [0.05, 0.1) is 13.2 Å². The molecule has 0 bridgehead atoms. The largest absolute Gasteiger partial charge is 0.416 e. The van der Waals surface area contributed by atoms with Crippen LogP contribution in [0, 0.1) is 0 Å². The fourth-order valence-electron chi connectivity index (χ4n) is 1.15. The zero-order chi connectivity index (χ0) is 12.0. The van der Waals surface area contributed by atoms with Crippen LogP contribution >= 0.6 is 0 Å². The van der Waals surface area contributed by atoms with E-state index in [9.17, 15) is 13.2 Å². The molecule has 0 aliphatic carbocycles. The number of methoxy groups -OCH3 is 1. The van der Waals surface area contributed by atoms with Crippen LogP contribution in [0.4, 0.5) is 13.2 Å². The molecule has 0 aromatic heterocycles. The van der Waals surface area contributed by atoms with Crippen LogP contribution in [0.1, 0.15) is 5.56 Å². The fraction of sp³-hybridized carbons (Fsp3) is 0.455. The lowest BCUT2D eigenvalue weighted by molar-refractivity contribution is -0.227. The van der Waals surface area contributed by atoms with Crippen molar-refractivity contribution in [3.63, 3.8) is 0 Å². The molecule has 1 aromatic rings. The highest BCUT2D eigenvalue weighted by molar-refractivity contribution is 5.13. The first-order valence-corrected chi connectivity index (χ1v) is 4.75. The third-order valence-corrected chi connectivity index (χ3v) is 2.03. The molecule has 0 radical (unpaired) electrons. The zero-order valence-corrected chi connectivity index (χ0v) is 8.83. The lowest BCUT2D eigenvalue weighted by Gasteiger charge is -2.18. The standard InChI is InChI=1S/C11H13F3O2/c1-15-10(11(12,13)14)8-16-7-9-5-3-2-4-6-9/h2-6,10H,7-8H2,1H3/t10-/m0/s1. The van der Waals surface area contributed by atoms with E-state index in [0.717, 1.165) is 12.7 Å². The summed E-state index contributed by atoms with van der Waals surface area (Å²) in [6.45, 7) is -0.342. The molecule has 0 unspecified atom stereocenters. The van der Waals surface area contributed by atoms with Crippen molar-refractivity contribution in [2.45, 2.75) is 18.9 Å². The van der Waals surface area contributed by atoms with Crippen LogP contribution in [0.2, 0.25) is 0 Å². The van der Waals surface area contributed by atoms with E-state index in [2.05, 4.69) is 4.74 Å². The molecule has 1 atom stereocenters. The van der Waals surface area contributed by atoms with Crippen molar-refractivity contribution in [3.8, 4) is 0 Å². The number of ether oxygens (including phenoxy) is 2. The van der Waals surface area contributed by atoms with Gasteiger partial charge in [-0.1, -0.05) is 30.3 Å². The lowest BCUT2D eigenvalue weighted by atomic mass is 10.2. The number of alkyl halides is 3. The predicted octanol–water partition coefficient (Wildman–Crippen LogP) is 2.78. The number of halogens is 3. The van der Waals surface area contributed by atoms with Gasteiger partial charge >= 0.3 is 6.18 Å². The van der Waals surface area contributed by atoms with Crippen LogP contribution in [0.25, 0.3) is 0 Å². The van der Waals surface area contributed by atoms with Crippen LogP contribution in [-0.2, 0) is 16.1 Å². The van der Waals surface area contributed by atoms with Gasteiger partial charge in [-0.2, -0.15) is 13.2 Å². The average molecular weight is 234 g/mol. The van der Waals surface area contributed by atoms with Crippen molar-refractivity contribution in [3.05, 3.63) is 35.9 Å². The average Bonchev–Trinajstić information content (AvgIpc) is 2.24. The molecule has 0 amide bonds. The van der Waals surface area contributed by atoms with Crippen LogP contribution < -0.4 is 0 Å². The maximum atomic E-state index is 12.2. The molecular weight excluding hydrogens is 221 g/mol. The first kappa shape index (κ1) is 13.0. The van der Waals surface area contributed by atoms with E-state index in [0.29, 0.717) is 0 Å². The van der Waals surface area contributed by atoms with E-state index in [-0.39, 0.29) is 6.61 Å². The zero-order valence-electron chi connectivity index (χ0n) is 8.83. The Morgan fingerprint density at radius 3 is 2.31 bits per heavy atom. The molecule has 0 saturated carbocycles. The molecule has 5 heteroatoms. The van der Waals surface area contributed by atoms with Gasteiger partial charge in [0, 0.05) is 7.11 Å². The predicted molar refractivity (Wildman–Crippen MR) is 53.0 cm³/mol. The Hall–Kier alpha value is -1.07. The van der Waals surface area contributed by atoms with Crippen LogP contribution in [-0.4, -0.2) is 26.0 Å². The number of hydrogen-bond acceptors (Lipinski definition) is 2. The minimum Gasteiger partial charge on any atom is -0.374 e. The molecule has 0 fully saturated rings. The molecule has 16 heavy (non-hydrogen) atoms. The summed E-state index contributed by atoms with van der Waals surface area (Å²) in [6.07, 6.45) is -6.25. The van der Waals surface area contributed by atoms with Crippen LogP contribution in [0.5, 0.6) is 0 Å². The maximum absolute atomic E-state index is 12.2. The summed E-state index contributed by atoms with van der Waals surface area (Å²) in [5.41, 5.74) is 0.833. The van der Waals surface area contributed by atoms with E-state index in [1.54, 1.807) is 24.3 Å². The second-order valence-electron chi connectivity index (χ2n) is 3.27. The number of rotatable bonds is 5. The normalized spacial score (nSPS) is 13.8. The molecule has 0 N–H and O–H groups in total. The van der Waals surface area contributed by atoms with Gasteiger partial charge in [0.25, 0.3) is 0 Å². The second-order valence-corrected chi connectivity index (χ2v) is 3.27. The van der Waals surface area contributed by atoms with Crippen molar-refractivity contribution in [1.29, 1.82) is 0 Å². The van der Waals surface area contributed by atoms with Crippen molar-refractivity contribution in [2.24, 2.45) is 0 Å². The highest BCUT2D eigenvalue weighted by Crippen LogP contribution is 2.22. The van der Waals surface area contributed by atoms with Gasteiger partial charge in [-0.05, 0) is 5.56 Å². The van der Waals surface area contributed by atoms with Crippen molar-refractivity contribution in [2.75, 3.05) is 13.7 Å². The summed E-state index contributed by atoms with van der Waals surface area (Å²) < 4.78 is 46.0. The highest BCUT2D eigenvalue weighted by atomic mass is 19.4. The minimum absolute atomic E-state index is 0.150. The Labute approximate surface area is 92.0 Å². The smallest absolute Gasteiger partial charge is 0.374 e. The monoisotopic (exact) mass is 234 g/mol. The molecule has 1 aromatic carbocycles. The molecular formula is C11H13F3O2. The summed E-state index contributed by atoms with van der Waals surface area (Å²) in [5, 5.41) is 0. The SMILES string of the molecule is CO[C@@H](COCc1ccccc1)C(F)(F)F. The van der Waals surface area contributed by atoms with Gasteiger partial charge in [0.2, 0.25) is 0 Å². The van der Waals surface area contributed by atoms with Crippen molar-refractivity contribution >= 4 is 0 Å². The van der Waals surface area contributed by atoms with Gasteiger partial charge in [0.1, 0.15) is 0 Å². The van der Waals surface area contributed by atoms with Gasteiger partial charge in [-0.3, -0.25) is 0 Å². The van der Waals surface area contributed by atoms with Gasteiger partial charge in [0.15, 0.2) is 6.10 Å². The second kappa shape index (κ2) is 5.86. The quantitative estimate of drug-likeness (QED) is 0.780. The first-order valence-electron chi connectivity index (χ1n) is 4.75. The highest BCUT2D eigenvalue weighted by Gasteiger charge is 2.40. The van der Waals surface area contributed by atoms with Gasteiger partial charge < -0.3 is 9.47 Å². The summed E-state index contributed by atoms with van der Waals surface area (Å²) in [7, 11) is 1.02. The first-order chi connectivity index (χ1) is 7.54. The summed E-state index contributed by atoms with van der Waals surface area (Å²) >= 11 is 0. The fourth-order valence-corrected chi connectivity index (χ4v) is 1.15. The maximum Gasteiger partial charge on any atom is 0.416 e. The van der Waals surface area contributed by atoms with Crippen LogP contribution in [0.3, 0.4) is 0 Å². The van der Waals surface area contributed by atoms with Crippen molar-refractivity contribution < 1.29 is 22.6 Å². The topological polar surface area (TPSA) is 18.5 Å². The van der Waals surface area contributed by atoms with E-state index in [1.807, 2.05) is 6.07 Å². The summed E-state index contributed by atoms with van der Waals surface area (Å²) in [5.74, 6) is 0. The summed E-state index contributed by atoms with van der Waals surface area (Å²) in [6, 6.07) is 9.01. The molecule has 0 spiro atoms. The van der Waals surface area contributed by atoms with E-state index in [1.165, 1.54) is 0 Å². The Morgan fingerprint density at radius 2 is 1.81 bits per heavy atom. The third-order valence-electron chi connectivity index (χ3n) is 2.03. The number of benzene rings is 1. The van der Waals surface area contributed by atoms with E-state index < -0.39 is 18.9 Å². The van der Waals surface area contributed by atoms with E-state index in [4.69, 9.17) is 4.74 Å². The minimum atomic E-state index is -4.38. The Bertz CT molecular complexity index is 298. The van der Waals surface area contributed by atoms with Crippen LogP contribution in [0.15, 0.2) is 30.3 Å². The molecule has 90 valence electrons. The molecule has 0 aliphatic heterocycles.